The first-order valence-corrected chi connectivity index (χ1v) is 12.1. The molecule has 1 heterocycles. The minimum Gasteiger partial charge on any atom is -0.457 e. The molecule has 4 rings (SSSR count). The lowest BCUT2D eigenvalue weighted by molar-refractivity contribution is 0.0469. The molecule has 3 aromatic carbocycles. The fourth-order valence-corrected chi connectivity index (χ4v) is 5.22. The Hall–Kier alpha value is -3.13. The highest BCUT2D eigenvalue weighted by molar-refractivity contribution is 7.91. The number of aromatic nitrogens is 2. The molecule has 0 saturated heterocycles. The summed E-state index contributed by atoms with van der Waals surface area (Å²) in [5.74, 6) is -0.607. The van der Waals surface area contributed by atoms with E-state index in [9.17, 15) is 13.2 Å². The lowest BCUT2D eigenvalue weighted by Gasteiger charge is -2.10. The van der Waals surface area contributed by atoms with Crippen LogP contribution in [-0.2, 0) is 28.2 Å². The van der Waals surface area contributed by atoms with Crippen LogP contribution >= 0.6 is 23.2 Å². The molecule has 0 aliphatic rings. The Kier molecular flexibility index (Phi) is 6.56. The number of halogens is 2. The number of carbonyl (C=O) groups excluding carboxylic acids is 1. The van der Waals surface area contributed by atoms with Crippen molar-refractivity contribution in [1.29, 1.82) is 0 Å². The van der Waals surface area contributed by atoms with Crippen LogP contribution in [0.5, 0.6) is 0 Å². The first kappa shape index (κ1) is 23.0. The quantitative estimate of drug-likeness (QED) is 0.322. The molecule has 0 fully saturated rings. The molecule has 6 nitrogen and oxygen atoms in total. The van der Waals surface area contributed by atoms with Crippen LogP contribution in [0.2, 0.25) is 10.0 Å². The van der Waals surface area contributed by atoms with Crippen molar-refractivity contribution in [3.05, 3.63) is 100 Å². The zero-order valence-corrected chi connectivity index (χ0v) is 19.7. The van der Waals surface area contributed by atoms with E-state index in [4.69, 9.17) is 27.9 Å². The fraction of sp³-hybridized carbons (Fsp3) is 0.0833. The van der Waals surface area contributed by atoms with Gasteiger partial charge in [0.05, 0.1) is 16.0 Å². The molecule has 168 valence electrons. The molecule has 9 heteroatoms. The molecular weight excluding hydrogens is 483 g/mol. The summed E-state index contributed by atoms with van der Waals surface area (Å²) in [7, 11) is -2.45. The summed E-state index contributed by atoms with van der Waals surface area (Å²) in [6, 6.07) is 21.2. The van der Waals surface area contributed by atoms with Crippen LogP contribution in [0, 0.1) is 0 Å². The highest BCUT2D eigenvalue weighted by Crippen LogP contribution is 2.32. The largest absolute Gasteiger partial charge is 0.457 e. The minimum atomic E-state index is -3.99. The van der Waals surface area contributed by atoms with E-state index in [1.54, 1.807) is 19.2 Å². The molecule has 0 bridgehead atoms. The second-order valence-electron chi connectivity index (χ2n) is 7.16. The molecule has 0 radical (unpaired) electrons. The van der Waals surface area contributed by atoms with Gasteiger partial charge >= 0.3 is 5.97 Å². The van der Waals surface area contributed by atoms with E-state index in [1.165, 1.54) is 41.1 Å². The van der Waals surface area contributed by atoms with E-state index in [1.807, 2.05) is 30.3 Å². The van der Waals surface area contributed by atoms with E-state index < -0.39 is 15.8 Å². The SMILES string of the molecule is Cn1nc(-c2ccccc2)c(COC(=O)c2ccc(Cl)cc2)c1S(=O)(=O)c1ccc(Cl)cc1. The lowest BCUT2D eigenvalue weighted by Crippen LogP contribution is -2.12. The molecule has 33 heavy (non-hydrogen) atoms. The van der Waals surface area contributed by atoms with Crippen molar-refractivity contribution in [3.63, 3.8) is 0 Å². The first-order chi connectivity index (χ1) is 15.8. The Labute approximate surface area is 201 Å². The smallest absolute Gasteiger partial charge is 0.338 e. The molecule has 0 unspecified atom stereocenters. The Morgan fingerprint density at radius 1 is 0.909 bits per heavy atom. The van der Waals surface area contributed by atoms with Gasteiger partial charge in [0.15, 0.2) is 5.03 Å². The molecule has 0 spiro atoms. The Morgan fingerprint density at radius 2 is 1.48 bits per heavy atom. The third-order valence-electron chi connectivity index (χ3n) is 4.94. The molecule has 4 aromatic rings. The molecule has 1 aromatic heterocycles. The van der Waals surface area contributed by atoms with Gasteiger partial charge in [-0.2, -0.15) is 5.10 Å². The molecule has 0 amide bonds. The van der Waals surface area contributed by atoms with Crippen molar-refractivity contribution in [3.8, 4) is 11.3 Å². The van der Waals surface area contributed by atoms with E-state index in [2.05, 4.69) is 5.10 Å². The molecular formula is C24H18Cl2N2O4S. The molecule has 0 aliphatic carbocycles. The number of benzene rings is 3. The van der Waals surface area contributed by atoms with Crippen molar-refractivity contribution >= 4 is 39.0 Å². The standard InChI is InChI=1S/C24H18Cl2N2O4S/c1-28-23(33(30,31)20-13-11-19(26)12-14-20)21(22(27-28)16-5-3-2-4-6-16)15-32-24(29)17-7-9-18(25)10-8-17/h2-14H,15H2,1H3. The number of ether oxygens (including phenoxy) is 1. The molecule has 0 saturated carbocycles. The van der Waals surface area contributed by atoms with Crippen LogP contribution in [0.25, 0.3) is 11.3 Å². The summed E-state index contributed by atoms with van der Waals surface area (Å²) in [6.45, 7) is -0.290. The maximum absolute atomic E-state index is 13.5. The van der Waals surface area contributed by atoms with E-state index in [0.29, 0.717) is 26.9 Å². The topological polar surface area (TPSA) is 78.3 Å². The van der Waals surface area contributed by atoms with Gasteiger partial charge in [0.1, 0.15) is 12.3 Å². The van der Waals surface area contributed by atoms with Gasteiger partial charge in [-0.05, 0) is 48.5 Å². The van der Waals surface area contributed by atoms with Gasteiger partial charge in [-0.3, -0.25) is 4.68 Å². The summed E-state index contributed by atoms with van der Waals surface area (Å²) in [6.07, 6.45) is 0. The number of carbonyl (C=O) groups is 1. The minimum absolute atomic E-state index is 0.0554. The van der Waals surface area contributed by atoms with E-state index in [0.717, 1.165) is 0 Å². The van der Waals surface area contributed by atoms with Gasteiger partial charge in [-0.25, -0.2) is 13.2 Å². The molecule has 0 aliphatic heterocycles. The predicted octanol–water partition coefficient (Wildman–Crippen LogP) is 5.58. The van der Waals surface area contributed by atoms with E-state index >= 15 is 0 Å². The number of esters is 1. The number of rotatable bonds is 6. The number of nitrogens with zero attached hydrogens (tertiary/aromatic N) is 2. The maximum atomic E-state index is 13.5. The van der Waals surface area contributed by atoms with Crippen LogP contribution in [0.3, 0.4) is 0 Å². The second kappa shape index (κ2) is 9.39. The van der Waals surface area contributed by atoms with Gasteiger partial charge in [0.2, 0.25) is 9.84 Å². The predicted molar refractivity (Wildman–Crippen MR) is 126 cm³/mol. The van der Waals surface area contributed by atoms with Gasteiger partial charge < -0.3 is 4.74 Å². The molecule has 0 N–H and O–H groups in total. The average molecular weight is 501 g/mol. The number of aryl methyl sites for hydroxylation is 1. The highest BCUT2D eigenvalue weighted by Gasteiger charge is 2.30. The summed E-state index contributed by atoms with van der Waals surface area (Å²) >= 11 is 11.8. The van der Waals surface area contributed by atoms with Crippen LogP contribution in [-0.4, -0.2) is 24.2 Å². The van der Waals surface area contributed by atoms with Crippen molar-refractivity contribution < 1.29 is 17.9 Å². The van der Waals surface area contributed by atoms with Gasteiger partial charge in [0.25, 0.3) is 0 Å². The summed E-state index contributed by atoms with van der Waals surface area (Å²) in [5.41, 5.74) is 1.69. The lowest BCUT2D eigenvalue weighted by atomic mass is 10.1. The van der Waals surface area contributed by atoms with Crippen molar-refractivity contribution in [2.75, 3.05) is 0 Å². The summed E-state index contributed by atoms with van der Waals surface area (Å²) < 4.78 is 33.8. The van der Waals surface area contributed by atoms with Crippen molar-refractivity contribution in [1.82, 2.24) is 9.78 Å². The Balaban J connectivity index is 1.78. The Bertz CT molecular complexity index is 1400. The van der Waals surface area contributed by atoms with Crippen molar-refractivity contribution in [2.24, 2.45) is 7.05 Å². The van der Waals surface area contributed by atoms with Gasteiger partial charge in [0, 0.05) is 22.7 Å². The number of hydrogen-bond acceptors (Lipinski definition) is 5. The third kappa shape index (κ3) is 4.80. The number of sulfone groups is 1. The fourth-order valence-electron chi connectivity index (χ4n) is 3.38. The highest BCUT2D eigenvalue weighted by atomic mass is 35.5. The first-order valence-electron chi connectivity index (χ1n) is 9.82. The van der Waals surface area contributed by atoms with Crippen LogP contribution in [0.4, 0.5) is 0 Å². The summed E-state index contributed by atoms with van der Waals surface area (Å²) in [4.78, 5) is 12.7. The maximum Gasteiger partial charge on any atom is 0.338 e. The van der Waals surface area contributed by atoms with Crippen LogP contribution < -0.4 is 0 Å². The Morgan fingerprint density at radius 3 is 2.09 bits per heavy atom. The van der Waals surface area contributed by atoms with Crippen LogP contribution in [0.15, 0.2) is 88.8 Å². The summed E-state index contributed by atoms with van der Waals surface area (Å²) in [5, 5.41) is 5.30. The zero-order chi connectivity index (χ0) is 23.6. The normalized spacial score (nSPS) is 11.4. The molecule has 0 atom stereocenters. The third-order valence-corrected chi connectivity index (χ3v) is 7.36. The van der Waals surface area contributed by atoms with Crippen LogP contribution in [0.1, 0.15) is 15.9 Å². The zero-order valence-electron chi connectivity index (χ0n) is 17.4. The average Bonchev–Trinajstić information content (AvgIpc) is 3.15. The van der Waals surface area contributed by atoms with Gasteiger partial charge in [-0.1, -0.05) is 53.5 Å². The van der Waals surface area contributed by atoms with E-state index in [-0.39, 0.29) is 22.1 Å². The van der Waals surface area contributed by atoms with Crippen molar-refractivity contribution in [2.45, 2.75) is 16.5 Å². The second-order valence-corrected chi connectivity index (χ2v) is 9.90. The monoisotopic (exact) mass is 500 g/mol. The van der Waals surface area contributed by atoms with Gasteiger partial charge in [-0.15, -0.1) is 0 Å². The number of hydrogen-bond donors (Lipinski definition) is 0.